The molecule has 6 nitrogen and oxygen atoms in total. The fraction of sp³-hybridized carbons (Fsp3) is 0.192. The van der Waals surface area contributed by atoms with Crippen molar-refractivity contribution in [2.75, 3.05) is 6.54 Å². The Kier molecular flexibility index (Phi) is 6.79. The van der Waals surface area contributed by atoms with E-state index in [9.17, 15) is 9.59 Å². The summed E-state index contributed by atoms with van der Waals surface area (Å²) in [6.07, 6.45) is 3.61. The zero-order valence-electron chi connectivity index (χ0n) is 18.4. The van der Waals surface area contributed by atoms with Crippen LogP contribution in [-0.4, -0.2) is 33.6 Å². The molecule has 1 N–H and O–H groups in total. The molecule has 1 amide bonds. The number of aryl methyl sites for hydroxylation is 1. The first-order valence-corrected chi connectivity index (χ1v) is 11.6. The molecule has 0 atom stereocenters. The van der Waals surface area contributed by atoms with Crippen molar-refractivity contribution in [3.8, 4) is 11.3 Å². The predicted octanol–water partition coefficient (Wildman–Crippen LogP) is 6.36. The molecule has 0 radical (unpaired) electrons. The molecule has 7 heteroatoms. The van der Waals surface area contributed by atoms with Gasteiger partial charge in [-0.3, -0.25) is 9.69 Å². The van der Waals surface area contributed by atoms with Gasteiger partial charge in [-0.15, -0.1) is 0 Å². The van der Waals surface area contributed by atoms with Crippen molar-refractivity contribution in [3.05, 3.63) is 82.5 Å². The molecule has 0 saturated carbocycles. The number of aliphatic imine (C=N–C) groups is 1. The summed E-state index contributed by atoms with van der Waals surface area (Å²) in [5, 5.41) is 9.83. The van der Waals surface area contributed by atoms with E-state index >= 15 is 0 Å². The SMILES string of the molecule is CCCCN1C(=O)/C(=C/c2ccc(-c3ccc(C(=O)O)cc3C)o2)SC1=Nc1ccccc1. The smallest absolute Gasteiger partial charge is 0.335 e. The van der Waals surface area contributed by atoms with Crippen molar-refractivity contribution in [2.45, 2.75) is 26.7 Å². The number of furan rings is 1. The number of thioether (sulfide) groups is 1. The Bertz CT molecular complexity index is 1240. The number of carbonyl (C=O) groups is 2. The van der Waals surface area contributed by atoms with Gasteiger partial charge >= 0.3 is 5.97 Å². The number of aromatic carboxylic acids is 1. The number of nitrogens with zero attached hydrogens (tertiary/aromatic N) is 2. The standard InChI is InChI=1S/C26H24N2O4S/c1-3-4-14-28-24(29)23(33-26(28)27-19-8-6-5-7-9-19)16-20-11-13-22(32-20)21-12-10-18(25(30)31)15-17(21)2/h5-13,15-16H,3-4,14H2,1-2H3,(H,30,31)/b23-16-,27-26?. The van der Waals surface area contributed by atoms with Crippen molar-refractivity contribution in [3.63, 3.8) is 0 Å². The number of amidine groups is 1. The normalized spacial score (nSPS) is 16.2. The molecule has 1 aromatic heterocycles. The van der Waals surface area contributed by atoms with Gasteiger partial charge in [0.1, 0.15) is 11.5 Å². The second kappa shape index (κ2) is 9.92. The van der Waals surface area contributed by atoms with Gasteiger partial charge in [0, 0.05) is 18.2 Å². The van der Waals surface area contributed by atoms with Crippen LogP contribution in [0.4, 0.5) is 5.69 Å². The number of carboxylic acids is 1. The van der Waals surface area contributed by atoms with Crippen molar-refractivity contribution in [1.82, 2.24) is 4.90 Å². The van der Waals surface area contributed by atoms with E-state index in [-0.39, 0.29) is 11.5 Å². The van der Waals surface area contributed by atoms with Crippen LogP contribution in [0.3, 0.4) is 0 Å². The van der Waals surface area contributed by atoms with Gasteiger partial charge in [0.25, 0.3) is 5.91 Å². The second-order valence-corrected chi connectivity index (χ2v) is 8.70. The topological polar surface area (TPSA) is 83.1 Å². The summed E-state index contributed by atoms with van der Waals surface area (Å²) in [5.74, 6) is 0.127. The van der Waals surface area contributed by atoms with E-state index in [0.29, 0.717) is 28.1 Å². The van der Waals surface area contributed by atoms with Crippen molar-refractivity contribution in [2.24, 2.45) is 4.99 Å². The van der Waals surface area contributed by atoms with Gasteiger partial charge in [-0.2, -0.15) is 0 Å². The van der Waals surface area contributed by atoms with E-state index in [0.717, 1.165) is 29.7 Å². The molecule has 168 valence electrons. The van der Waals surface area contributed by atoms with Crippen LogP contribution in [0.1, 0.15) is 41.4 Å². The number of carboxylic acid groups (broad SMARTS) is 1. The Morgan fingerprint density at radius 3 is 2.64 bits per heavy atom. The highest BCUT2D eigenvalue weighted by molar-refractivity contribution is 8.18. The van der Waals surface area contributed by atoms with E-state index in [1.807, 2.05) is 49.4 Å². The van der Waals surface area contributed by atoms with Crippen LogP contribution in [0, 0.1) is 6.92 Å². The highest BCUT2D eigenvalue weighted by Gasteiger charge is 2.33. The molecule has 1 aliphatic rings. The molecule has 2 heterocycles. The van der Waals surface area contributed by atoms with Gasteiger partial charge < -0.3 is 9.52 Å². The summed E-state index contributed by atoms with van der Waals surface area (Å²) in [7, 11) is 0. The Morgan fingerprint density at radius 2 is 1.94 bits per heavy atom. The molecule has 0 spiro atoms. The summed E-state index contributed by atoms with van der Waals surface area (Å²) in [6.45, 7) is 4.55. The van der Waals surface area contributed by atoms with Crippen molar-refractivity contribution < 1.29 is 19.1 Å². The Hall–Kier alpha value is -3.58. The lowest BCUT2D eigenvalue weighted by Gasteiger charge is -2.14. The lowest BCUT2D eigenvalue weighted by Crippen LogP contribution is -2.30. The summed E-state index contributed by atoms with van der Waals surface area (Å²) in [5.41, 5.74) is 2.65. The van der Waals surface area contributed by atoms with Crippen LogP contribution in [0.15, 0.2) is 75.0 Å². The van der Waals surface area contributed by atoms with Gasteiger partial charge in [0.15, 0.2) is 5.17 Å². The third-order valence-electron chi connectivity index (χ3n) is 5.24. The third kappa shape index (κ3) is 5.09. The summed E-state index contributed by atoms with van der Waals surface area (Å²) in [6, 6.07) is 18.1. The maximum Gasteiger partial charge on any atom is 0.335 e. The highest BCUT2D eigenvalue weighted by atomic mass is 32.2. The lowest BCUT2D eigenvalue weighted by atomic mass is 10.0. The van der Waals surface area contributed by atoms with Gasteiger partial charge in [0.05, 0.1) is 16.2 Å². The Morgan fingerprint density at radius 1 is 1.15 bits per heavy atom. The van der Waals surface area contributed by atoms with Crippen LogP contribution < -0.4 is 0 Å². The number of rotatable bonds is 7. The monoisotopic (exact) mass is 460 g/mol. The number of hydrogen-bond acceptors (Lipinski definition) is 5. The summed E-state index contributed by atoms with van der Waals surface area (Å²) < 4.78 is 5.98. The molecular formula is C26H24N2O4S. The fourth-order valence-electron chi connectivity index (χ4n) is 3.50. The number of para-hydroxylation sites is 1. The molecular weight excluding hydrogens is 436 g/mol. The maximum absolute atomic E-state index is 13.1. The molecule has 4 rings (SSSR count). The van der Waals surface area contributed by atoms with E-state index in [2.05, 4.69) is 11.9 Å². The van der Waals surface area contributed by atoms with Gasteiger partial charge in [-0.1, -0.05) is 37.6 Å². The average molecular weight is 461 g/mol. The van der Waals surface area contributed by atoms with Crippen LogP contribution in [0.5, 0.6) is 0 Å². The maximum atomic E-state index is 13.1. The zero-order valence-corrected chi connectivity index (χ0v) is 19.3. The van der Waals surface area contributed by atoms with Crippen LogP contribution in [0.2, 0.25) is 0 Å². The minimum atomic E-state index is -0.966. The Labute approximate surface area is 196 Å². The first-order valence-electron chi connectivity index (χ1n) is 10.8. The third-order valence-corrected chi connectivity index (χ3v) is 6.25. The molecule has 0 aliphatic carbocycles. The van der Waals surface area contributed by atoms with Gasteiger partial charge in [-0.25, -0.2) is 9.79 Å². The second-order valence-electron chi connectivity index (χ2n) is 7.69. The van der Waals surface area contributed by atoms with E-state index < -0.39 is 5.97 Å². The molecule has 1 fully saturated rings. The van der Waals surface area contributed by atoms with Crippen LogP contribution in [-0.2, 0) is 4.79 Å². The van der Waals surface area contributed by atoms with Crippen molar-refractivity contribution >= 4 is 40.6 Å². The van der Waals surface area contributed by atoms with Crippen molar-refractivity contribution in [1.29, 1.82) is 0 Å². The zero-order chi connectivity index (χ0) is 23.4. The predicted molar refractivity (Wildman–Crippen MR) is 132 cm³/mol. The fourth-order valence-corrected chi connectivity index (χ4v) is 4.50. The molecule has 0 bridgehead atoms. The molecule has 1 aliphatic heterocycles. The average Bonchev–Trinajstić information content (AvgIpc) is 3.38. The lowest BCUT2D eigenvalue weighted by molar-refractivity contribution is -0.122. The number of carbonyl (C=O) groups excluding carboxylic acids is 1. The number of benzene rings is 2. The molecule has 0 unspecified atom stereocenters. The summed E-state index contributed by atoms with van der Waals surface area (Å²) in [4.78, 5) is 31.3. The minimum Gasteiger partial charge on any atom is -0.478 e. The molecule has 3 aromatic rings. The quantitative estimate of drug-likeness (QED) is 0.415. The van der Waals surface area contributed by atoms with Crippen LogP contribution in [0.25, 0.3) is 17.4 Å². The molecule has 2 aromatic carbocycles. The first-order chi connectivity index (χ1) is 16.0. The highest BCUT2D eigenvalue weighted by Crippen LogP contribution is 2.35. The largest absolute Gasteiger partial charge is 0.478 e. The number of amides is 1. The minimum absolute atomic E-state index is 0.0805. The van der Waals surface area contributed by atoms with Crippen LogP contribution >= 0.6 is 11.8 Å². The van der Waals surface area contributed by atoms with Gasteiger partial charge in [0.2, 0.25) is 0 Å². The van der Waals surface area contributed by atoms with E-state index in [1.54, 1.807) is 29.2 Å². The Balaban J connectivity index is 1.61. The number of unbranched alkanes of at least 4 members (excludes halogenated alkanes) is 1. The van der Waals surface area contributed by atoms with E-state index in [1.165, 1.54) is 11.8 Å². The van der Waals surface area contributed by atoms with E-state index in [4.69, 9.17) is 9.52 Å². The number of hydrogen-bond donors (Lipinski definition) is 1. The molecule has 1 saturated heterocycles. The first kappa shape index (κ1) is 22.6. The summed E-state index contributed by atoms with van der Waals surface area (Å²) >= 11 is 1.34. The molecule has 33 heavy (non-hydrogen) atoms. The van der Waals surface area contributed by atoms with Gasteiger partial charge in [-0.05, 0) is 67.1 Å².